The van der Waals surface area contributed by atoms with Crippen molar-refractivity contribution in [3.05, 3.63) is 71.4 Å². The van der Waals surface area contributed by atoms with Gasteiger partial charge < -0.3 is 19.5 Å². The molecule has 1 N–H and O–H groups in total. The lowest BCUT2D eigenvalue weighted by molar-refractivity contribution is -0.141. The third-order valence-corrected chi connectivity index (χ3v) is 8.62. The number of nitrogens with zero attached hydrogens (tertiary/aromatic N) is 2. The highest BCUT2D eigenvalue weighted by Crippen LogP contribution is 2.19. The fourth-order valence-corrected chi connectivity index (χ4v) is 5.85. The molecule has 1 aromatic heterocycles. The number of aromatic nitrogens is 1. The minimum atomic E-state index is -0.00452. The van der Waals surface area contributed by atoms with E-state index in [1.807, 2.05) is 23.2 Å². The standard InChI is InChI=1S/C38H57N3O3/c1-4-5-6-7-8-9-10-11-12-13-14-20-37(42)40(26-17-28-44-3)31-38(43)41(30-33-23-21-32(2)22-24-33)27-25-34-29-39-36-19-16-15-18-35(34)36/h15-16,18-19,21-24,29,39H,4-14,17,20,25-28,30-31H2,1-3H3. The number of hydrogen-bond donors (Lipinski definition) is 1. The number of carbonyl (C=O) groups excluding carboxylic acids is 2. The van der Waals surface area contributed by atoms with Crippen LogP contribution in [0.15, 0.2) is 54.7 Å². The summed E-state index contributed by atoms with van der Waals surface area (Å²) in [4.78, 5) is 34.2. The number of aromatic amines is 1. The number of H-pyrrole nitrogens is 1. The third kappa shape index (κ3) is 12.9. The van der Waals surface area contributed by atoms with Gasteiger partial charge in [0.25, 0.3) is 0 Å². The van der Waals surface area contributed by atoms with Crippen LogP contribution in [0.25, 0.3) is 10.9 Å². The van der Waals surface area contributed by atoms with E-state index in [9.17, 15) is 9.59 Å². The van der Waals surface area contributed by atoms with E-state index in [1.165, 1.54) is 74.3 Å². The Morgan fingerprint density at radius 2 is 1.41 bits per heavy atom. The Kier molecular flexibility index (Phi) is 16.7. The maximum absolute atomic E-state index is 13.8. The van der Waals surface area contributed by atoms with Crippen molar-refractivity contribution in [1.29, 1.82) is 0 Å². The van der Waals surface area contributed by atoms with Crippen molar-refractivity contribution < 1.29 is 14.3 Å². The zero-order valence-corrected chi connectivity index (χ0v) is 27.8. The summed E-state index contributed by atoms with van der Waals surface area (Å²) in [5.74, 6) is 0.0763. The van der Waals surface area contributed by atoms with Crippen LogP contribution in [0.4, 0.5) is 0 Å². The van der Waals surface area contributed by atoms with Crippen LogP contribution in [0.1, 0.15) is 107 Å². The lowest BCUT2D eigenvalue weighted by atomic mass is 10.1. The van der Waals surface area contributed by atoms with E-state index in [-0.39, 0.29) is 18.4 Å². The molecular weight excluding hydrogens is 546 g/mol. The first kappa shape index (κ1) is 35.4. The number of nitrogens with one attached hydrogen (secondary N) is 1. The molecule has 0 aliphatic rings. The van der Waals surface area contributed by atoms with E-state index in [1.54, 1.807) is 12.0 Å². The molecule has 1 heterocycles. The van der Waals surface area contributed by atoms with Gasteiger partial charge in [-0.2, -0.15) is 0 Å². The quantitative estimate of drug-likeness (QED) is 0.110. The summed E-state index contributed by atoms with van der Waals surface area (Å²) in [6.45, 7) is 6.67. The zero-order chi connectivity index (χ0) is 31.4. The molecule has 2 amide bonds. The lowest BCUT2D eigenvalue weighted by Gasteiger charge is -2.28. The van der Waals surface area contributed by atoms with Crippen LogP contribution in [-0.4, -0.2) is 59.9 Å². The second-order valence-corrected chi connectivity index (χ2v) is 12.4. The molecule has 0 unspecified atom stereocenters. The van der Waals surface area contributed by atoms with E-state index in [0.29, 0.717) is 32.7 Å². The van der Waals surface area contributed by atoms with Crippen molar-refractivity contribution in [2.24, 2.45) is 0 Å². The number of fused-ring (bicyclic) bond motifs is 1. The molecule has 0 saturated heterocycles. The Hall–Kier alpha value is -3.12. The van der Waals surface area contributed by atoms with Crippen LogP contribution in [0.3, 0.4) is 0 Å². The molecule has 3 rings (SSSR count). The largest absolute Gasteiger partial charge is 0.385 e. The predicted octanol–water partition coefficient (Wildman–Crippen LogP) is 8.61. The summed E-state index contributed by atoms with van der Waals surface area (Å²) in [7, 11) is 1.68. The second-order valence-electron chi connectivity index (χ2n) is 12.4. The van der Waals surface area contributed by atoms with Crippen LogP contribution < -0.4 is 0 Å². The normalized spacial score (nSPS) is 11.2. The Balaban J connectivity index is 1.55. The molecule has 0 fully saturated rings. The van der Waals surface area contributed by atoms with Crippen molar-refractivity contribution >= 4 is 22.7 Å². The minimum absolute atomic E-state index is 0.00452. The van der Waals surface area contributed by atoms with Crippen LogP contribution in [-0.2, 0) is 27.3 Å². The van der Waals surface area contributed by atoms with Gasteiger partial charge in [-0.25, -0.2) is 0 Å². The Labute approximate surface area is 266 Å². The van der Waals surface area contributed by atoms with Gasteiger partial charge >= 0.3 is 0 Å². The topological polar surface area (TPSA) is 65.6 Å². The number of hydrogen-bond acceptors (Lipinski definition) is 3. The third-order valence-electron chi connectivity index (χ3n) is 8.62. The molecule has 0 saturated carbocycles. The van der Waals surface area contributed by atoms with E-state index in [2.05, 4.69) is 55.2 Å². The maximum Gasteiger partial charge on any atom is 0.242 e. The monoisotopic (exact) mass is 603 g/mol. The number of aryl methyl sites for hydroxylation is 1. The number of para-hydroxylation sites is 1. The van der Waals surface area contributed by atoms with Gasteiger partial charge in [0, 0.05) is 56.9 Å². The fraction of sp³-hybridized carbons (Fsp3) is 0.579. The first-order chi connectivity index (χ1) is 21.5. The maximum atomic E-state index is 13.8. The molecule has 0 spiro atoms. The number of benzene rings is 2. The first-order valence-electron chi connectivity index (χ1n) is 17.2. The van der Waals surface area contributed by atoms with Crippen LogP contribution in [0, 0.1) is 6.92 Å². The van der Waals surface area contributed by atoms with Gasteiger partial charge in [-0.15, -0.1) is 0 Å². The fourth-order valence-electron chi connectivity index (χ4n) is 5.85. The Bertz CT molecular complexity index is 1220. The van der Waals surface area contributed by atoms with Gasteiger partial charge in [-0.3, -0.25) is 9.59 Å². The van der Waals surface area contributed by atoms with Gasteiger partial charge in [-0.1, -0.05) is 119 Å². The summed E-state index contributed by atoms with van der Waals surface area (Å²) in [6.07, 6.45) is 17.8. The van der Waals surface area contributed by atoms with Gasteiger partial charge in [0.05, 0.1) is 6.54 Å². The Morgan fingerprint density at radius 1 is 0.750 bits per heavy atom. The summed E-state index contributed by atoms with van der Waals surface area (Å²) in [6, 6.07) is 16.6. The molecule has 0 radical (unpaired) electrons. The zero-order valence-electron chi connectivity index (χ0n) is 27.8. The summed E-state index contributed by atoms with van der Waals surface area (Å²) in [5.41, 5.74) is 4.60. The van der Waals surface area contributed by atoms with Gasteiger partial charge in [0.15, 0.2) is 0 Å². The highest BCUT2D eigenvalue weighted by molar-refractivity contribution is 5.85. The van der Waals surface area contributed by atoms with Gasteiger partial charge in [0.1, 0.15) is 0 Å². The molecule has 6 heteroatoms. The number of rotatable bonds is 23. The molecule has 242 valence electrons. The van der Waals surface area contributed by atoms with Crippen molar-refractivity contribution in [3.63, 3.8) is 0 Å². The van der Waals surface area contributed by atoms with Crippen molar-refractivity contribution in [2.45, 2.75) is 110 Å². The van der Waals surface area contributed by atoms with E-state index < -0.39 is 0 Å². The second kappa shape index (κ2) is 20.8. The number of methoxy groups -OCH3 is 1. The Morgan fingerprint density at radius 3 is 2.09 bits per heavy atom. The molecule has 2 aromatic carbocycles. The van der Waals surface area contributed by atoms with Crippen LogP contribution in [0.5, 0.6) is 0 Å². The molecule has 0 aliphatic heterocycles. The van der Waals surface area contributed by atoms with Crippen molar-refractivity contribution in [1.82, 2.24) is 14.8 Å². The predicted molar refractivity (Wildman–Crippen MR) is 183 cm³/mol. The molecule has 3 aromatic rings. The summed E-state index contributed by atoms with van der Waals surface area (Å²) in [5, 5.41) is 1.19. The summed E-state index contributed by atoms with van der Waals surface area (Å²) < 4.78 is 5.26. The molecule has 0 aliphatic carbocycles. The SMILES string of the molecule is CCCCCCCCCCCCCC(=O)N(CCCOC)CC(=O)N(CCc1c[nH]c2ccccc12)Cc1ccc(C)cc1. The smallest absolute Gasteiger partial charge is 0.242 e. The van der Waals surface area contributed by atoms with Crippen LogP contribution >= 0.6 is 0 Å². The van der Waals surface area contributed by atoms with Gasteiger partial charge in [-0.05, 0) is 43.4 Å². The van der Waals surface area contributed by atoms with Crippen molar-refractivity contribution in [2.75, 3.05) is 33.4 Å². The van der Waals surface area contributed by atoms with Crippen molar-refractivity contribution in [3.8, 4) is 0 Å². The van der Waals surface area contributed by atoms with Gasteiger partial charge in [0.2, 0.25) is 11.8 Å². The average Bonchev–Trinajstić information content (AvgIpc) is 3.45. The van der Waals surface area contributed by atoms with E-state index >= 15 is 0 Å². The molecular formula is C38H57N3O3. The molecule has 0 bridgehead atoms. The van der Waals surface area contributed by atoms with Crippen LogP contribution in [0.2, 0.25) is 0 Å². The molecule has 0 atom stereocenters. The highest BCUT2D eigenvalue weighted by Gasteiger charge is 2.22. The van der Waals surface area contributed by atoms with E-state index in [4.69, 9.17) is 4.74 Å². The molecule has 44 heavy (non-hydrogen) atoms. The minimum Gasteiger partial charge on any atom is -0.385 e. The molecule has 6 nitrogen and oxygen atoms in total. The number of unbranched alkanes of at least 4 members (excludes halogenated alkanes) is 10. The average molecular weight is 604 g/mol. The number of carbonyl (C=O) groups is 2. The summed E-state index contributed by atoms with van der Waals surface area (Å²) >= 11 is 0. The number of ether oxygens (including phenoxy) is 1. The first-order valence-corrected chi connectivity index (χ1v) is 17.2. The van der Waals surface area contributed by atoms with E-state index in [0.717, 1.165) is 36.8 Å². The number of amides is 2. The lowest BCUT2D eigenvalue weighted by Crippen LogP contribution is -2.44. The highest BCUT2D eigenvalue weighted by atomic mass is 16.5.